The normalized spacial score (nSPS) is 13.4. The van der Waals surface area contributed by atoms with Crippen LogP contribution >= 0.6 is 0 Å². The molecule has 1 unspecified atom stereocenters. The molecule has 0 saturated heterocycles. The van der Waals surface area contributed by atoms with E-state index in [4.69, 9.17) is 0 Å². The van der Waals surface area contributed by atoms with E-state index in [9.17, 15) is 13.2 Å². The number of nitrogens with zero attached hydrogens (tertiary/aromatic N) is 2. The zero-order chi connectivity index (χ0) is 15.6. The molecule has 0 bridgehead atoms. The van der Waals surface area contributed by atoms with Crippen molar-refractivity contribution in [2.75, 3.05) is 6.54 Å². The minimum atomic E-state index is -4.32. The molecule has 3 nitrogen and oxygen atoms in total. The number of hydrogen-bond acceptors (Lipinski definition) is 2. The maximum absolute atomic E-state index is 12.8. The highest BCUT2D eigenvalue weighted by Gasteiger charge is 2.31. The Morgan fingerprint density at radius 2 is 2.00 bits per heavy atom. The summed E-state index contributed by atoms with van der Waals surface area (Å²) in [6, 6.07) is 5.55. The van der Waals surface area contributed by atoms with Crippen LogP contribution in [0.5, 0.6) is 0 Å². The molecule has 0 aliphatic heterocycles. The molecule has 0 aliphatic rings. The SMILES string of the molecule is CCNC(c1ccc(C(F)(F)F)cc1C)c1ccnn1C. The van der Waals surface area contributed by atoms with E-state index in [0.29, 0.717) is 12.1 Å². The van der Waals surface area contributed by atoms with Gasteiger partial charge >= 0.3 is 6.18 Å². The lowest BCUT2D eigenvalue weighted by Crippen LogP contribution is -2.25. The van der Waals surface area contributed by atoms with Gasteiger partial charge in [0.25, 0.3) is 0 Å². The van der Waals surface area contributed by atoms with Gasteiger partial charge in [-0.2, -0.15) is 18.3 Å². The van der Waals surface area contributed by atoms with Crippen LogP contribution in [0, 0.1) is 6.92 Å². The van der Waals surface area contributed by atoms with E-state index in [1.807, 2.05) is 20.0 Å². The van der Waals surface area contributed by atoms with Crippen molar-refractivity contribution in [1.29, 1.82) is 0 Å². The lowest BCUT2D eigenvalue weighted by atomic mass is 9.96. The fourth-order valence-electron chi connectivity index (χ4n) is 2.42. The number of hydrogen-bond donors (Lipinski definition) is 1. The second-order valence-corrected chi connectivity index (χ2v) is 4.94. The predicted molar refractivity (Wildman–Crippen MR) is 74.9 cm³/mol. The van der Waals surface area contributed by atoms with Crippen molar-refractivity contribution in [1.82, 2.24) is 15.1 Å². The highest BCUT2D eigenvalue weighted by molar-refractivity contribution is 5.38. The maximum atomic E-state index is 12.8. The Hall–Kier alpha value is -1.82. The summed E-state index contributed by atoms with van der Waals surface area (Å²) in [5, 5.41) is 7.43. The molecule has 1 aromatic carbocycles. The van der Waals surface area contributed by atoms with Gasteiger partial charge in [-0.3, -0.25) is 4.68 Å². The van der Waals surface area contributed by atoms with Crippen molar-refractivity contribution in [3.63, 3.8) is 0 Å². The standard InChI is InChI=1S/C15H18F3N3/c1-4-19-14(13-7-8-20-21(13)3)12-6-5-11(9-10(12)2)15(16,17)18/h5-9,14,19H,4H2,1-3H3. The van der Waals surface area contributed by atoms with Gasteiger partial charge in [0.15, 0.2) is 0 Å². The molecule has 0 radical (unpaired) electrons. The summed E-state index contributed by atoms with van der Waals surface area (Å²) in [5.74, 6) is 0. The average molecular weight is 297 g/mol. The minimum absolute atomic E-state index is 0.176. The molecule has 2 aromatic rings. The van der Waals surface area contributed by atoms with Crippen molar-refractivity contribution in [3.05, 3.63) is 52.8 Å². The first kappa shape index (κ1) is 15.6. The van der Waals surface area contributed by atoms with E-state index in [-0.39, 0.29) is 6.04 Å². The third kappa shape index (κ3) is 3.26. The molecular formula is C15H18F3N3. The van der Waals surface area contributed by atoms with Crippen LogP contribution in [0.25, 0.3) is 0 Å². The van der Waals surface area contributed by atoms with Gasteiger partial charge in [0.2, 0.25) is 0 Å². The fraction of sp³-hybridized carbons (Fsp3) is 0.400. The first-order valence-electron chi connectivity index (χ1n) is 6.73. The fourth-order valence-corrected chi connectivity index (χ4v) is 2.42. The lowest BCUT2D eigenvalue weighted by molar-refractivity contribution is -0.137. The molecule has 0 spiro atoms. The molecule has 1 aromatic heterocycles. The minimum Gasteiger partial charge on any atom is -0.305 e. The van der Waals surface area contributed by atoms with Gasteiger partial charge in [0.05, 0.1) is 17.3 Å². The summed E-state index contributed by atoms with van der Waals surface area (Å²) in [5.41, 5.74) is 1.73. The molecule has 114 valence electrons. The zero-order valence-corrected chi connectivity index (χ0v) is 12.2. The molecule has 2 rings (SSSR count). The van der Waals surface area contributed by atoms with Crippen LogP contribution in [0.3, 0.4) is 0 Å². The summed E-state index contributed by atoms with van der Waals surface area (Å²) in [6.07, 6.45) is -2.64. The van der Waals surface area contributed by atoms with Gasteiger partial charge in [-0.05, 0) is 42.8 Å². The molecule has 0 aliphatic carbocycles. The Kier molecular flexibility index (Phi) is 4.37. The highest BCUT2D eigenvalue weighted by Crippen LogP contribution is 2.32. The highest BCUT2D eigenvalue weighted by atomic mass is 19.4. The van der Waals surface area contributed by atoms with Crippen LogP contribution in [0.2, 0.25) is 0 Å². The average Bonchev–Trinajstić information content (AvgIpc) is 2.81. The summed E-state index contributed by atoms with van der Waals surface area (Å²) >= 11 is 0. The van der Waals surface area contributed by atoms with Gasteiger partial charge in [-0.15, -0.1) is 0 Å². The molecule has 1 atom stereocenters. The molecule has 0 amide bonds. The van der Waals surface area contributed by atoms with E-state index in [0.717, 1.165) is 17.3 Å². The second-order valence-electron chi connectivity index (χ2n) is 4.94. The number of halogens is 3. The van der Waals surface area contributed by atoms with E-state index in [1.54, 1.807) is 23.9 Å². The lowest BCUT2D eigenvalue weighted by Gasteiger charge is -2.21. The Morgan fingerprint density at radius 3 is 2.48 bits per heavy atom. The largest absolute Gasteiger partial charge is 0.416 e. The second kappa shape index (κ2) is 5.89. The number of rotatable bonds is 4. The Balaban J connectivity index is 2.45. The van der Waals surface area contributed by atoms with E-state index >= 15 is 0 Å². The zero-order valence-electron chi connectivity index (χ0n) is 12.2. The molecule has 1 heterocycles. The Labute approximate surface area is 121 Å². The summed E-state index contributed by atoms with van der Waals surface area (Å²) in [7, 11) is 1.82. The topological polar surface area (TPSA) is 29.9 Å². The molecule has 1 N–H and O–H groups in total. The molecule has 21 heavy (non-hydrogen) atoms. The van der Waals surface area contributed by atoms with Crippen LogP contribution in [-0.4, -0.2) is 16.3 Å². The van der Waals surface area contributed by atoms with Crippen molar-refractivity contribution in [2.24, 2.45) is 7.05 Å². The molecular weight excluding hydrogens is 279 g/mol. The van der Waals surface area contributed by atoms with Crippen molar-refractivity contribution >= 4 is 0 Å². The number of aromatic nitrogens is 2. The van der Waals surface area contributed by atoms with E-state index < -0.39 is 11.7 Å². The number of alkyl halides is 3. The van der Waals surface area contributed by atoms with Crippen LogP contribution in [0.15, 0.2) is 30.5 Å². The number of aryl methyl sites for hydroxylation is 2. The van der Waals surface area contributed by atoms with Crippen LogP contribution in [-0.2, 0) is 13.2 Å². The van der Waals surface area contributed by atoms with Gasteiger partial charge in [0, 0.05) is 13.2 Å². The molecule has 0 fully saturated rings. The van der Waals surface area contributed by atoms with Crippen molar-refractivity contribution in [2.45, 2.75) is 26.1 Å². The summed E-state index contributed by atoms with van der Waals surface area (Å²) < 4.78 is 40.0. The van der Waals surface area contributed by atoms with Gasteiger partial charge < -0.3 is 5.32 Å². The first-order chi connectivity index (χ1) is 9.84. The Bertz CT molecular complexity index is 617. The third-order valence-corrected chi connectivity index (χ3v) is 3.47. The van der Waals surface area contributed by atoms with Crippen LogP contribution < -0.4 is 5.32 Å². The van der Waals surface area contributed by atoms with Crippen LogP contribution in [0.4, 0.5) is 13.2 Å². The van der Waals surface area contributed by atoms with Crippen LogP contribution in [0.1, 0.15) is 35.3 Å². The summed E-state index contributed by atoms with van der Waals surface area (Å²) in [4.78, 5) is 0. The Morgan fingerprint density at radius 1 is 1.29 bits per heavy atom. The third-order valence-electron chi connectivity index (χ3n) is 3.47. The van der Waals surface area contributed by atoms with Gasteiger partial charge in [0.1, 0.15) is 0 Å². The van der Waals surface area contributed by atoms with Crippen molar-refractivity contribution < 1.29 is 13.2 Å². The first-order valence-corrected chi connectivity index (χ1v) is 6.73. The number of nitrogens with one attached hydrogen (secondary N) is 1. The number of benzene rings is 1. The van der Waals surface area contributed by atoms with E-state index in [1.165, 1.54) is 6.07 Å². The smallest absolute Gasteiger partial charge is 0.305 e. The molecule has 6 heteroatoms. The van der Waals surface area contributed by atoms with Gasteiger partial charge in [-0.1, -0.05) is 13.0 Å². The quantitative estimate of drug-likeness (QED) is 0.937. The predicted octanol–water partition coefficient (Wildman–Crippen LogP) is 3.45. The summed E-state index contributed by atoms with van der Waals surface area (Å²) in [6.45, 7) is 4.37. The van der Waals surface area contributed by atoms with Gasteiger partial charge in [-0.25, -0.2) is 0 Å². The molecule has 0 saturated carbocycles. The monoisotopic (exact) mass is 297 g/mol. The van der Waals surface area contributed by atoms with E-state index in [2.05, 4.69) is 10.4 Å². The maximum Gasteiger partial charge on any atom is 0.416 e. The van der Waals surface area contributed by atoms with Crippen molar-refractivity contribution in [3.8, 4) is 0 Å².